The van der Waals surface area contributed by atoms with Gasteiger partial charge in [-0.15, -0.1) is 0 Å². The van der Waals surface area contributed by atoms with E-state index in [4.69, 9.17) is 15.2 Å². The van der Waals surface area contributed by atoms with Gasteiger partial charge in [0.15, 0.2) is 0 Å². The Balaban J connectivity index is 1.90. The summed E-state index contributed by atoms with van der Waals surface area (Å²) in [4.78, 5) is 11.9. The van der Waals surface area contributed by atoms with Gasteiger partial charge < -0.3 is 20.5 Å². The summed E-state index contributed by atoms with van der Waals surface area (Å²) in [5.74, 6) is 1.29. The van der Waals surface area contributed by atoms with E-state index in [1.165, 1.54) is 12.7 Å². The predicted octanol–water partition coefficient (Wildman–Crippen LogP) is 1.65. The monoisotopic (exact) mass is 289 g/mol. The second-order valence-corrected chi connectivity index (χ2v) is 4.67. The summed E-state index contributed by atoms with van der Waals surface area (Å²) < 4.78 is 10.6. The first-order chi connectivity index (χ1) is 10.1. The summed E-state index contributed by atoms with van der Waals surface area (Å²) in [6, 6.07) is 8.06. The lowest BCUT2D eigenvalue weighted by molar-refractivity contribution is 0.303. The molecule has 0 fully saturated rings. The average Bonchev–Trinajstić information content (AvgIpc) is 2.46. The molecule has 3 N–H and O–H groups in total. The van der Waals surface area contributed by atoms with Gasteiger partial charge in [-0.05, 0) is 26.0 Å². The van der Waals surface area contributed by atoms with Gasteiger partial charge in [0.2, 0.25) is 11.9 Å². The van der Waals surface area contributed by atoms with Crippen LogP contribution >= 0.6 is 0 Å². The van der Waals surface area contributed by atoms with Crippen LogP contribution in [0.3, 0.4) is 0 Å². The van der Waals surface area contributed by atoms with Crippen molar-refractivity contribution in [1.82, 2.24) is 15.0 Å². The van der Waals surface area contributed by atoms with Crippen LogP contribution in [0.25, 0.3) is 0 Å². The second-order valence-electron chi connectivity index (χ2n) is 4.67. The molecule has 112 valence electrons. The smallest absolute Gasteiger partial charge is 0.322 e. The maximum atomic E-state index is 5.69. The molecule has 7 heteroatoms. The van der Waals surface area contributed by atoms with Gasteiger partial charge in [-0.2, -0.15) is 15.0 Å². The van der Waals surface area contributed by atoms with Crippen molar-refractivity contribution in [3.8, 4) is 11.8 Å². The highest BCUT2D eigenvalue weighted by atomic mass is 16.5. The number of ether oxygens (including phenoxy) is 2. The van der Waals surface area contributed by atoms with Crippen LogP contribution in [-0.4, -0.2) is 34.7 Å². The van der Waals surface area contributed by atoms with Gasteiger partial charge in [-0.1, -0.05) is 17.7 Å². The van der Waals surface area contributed by atoms with E-state index in [1.807, 2.05) is 38.1 Å². The van der Waals surface area contributed by atoms with Crippen molar-refractivity contribution in [3.05, 3.63) is 29.8 Å². The zero-order valence-electron chi connectivity index (χ0n) is 12.3. The highest BCUT2D eigenvalue weighted by Crippen LogP contribution is 2.13. The first-order valence-electron chi connectivity index (χ1n) is 6.58. The SMILES string of the molecule is COc1nc(N)nc(NC(C)COc2ccc(C)cc2)n1. The van der Waals surface area contributed by atoms with E-state index >= 15 is 0 Å². The van der Waals surface area contributed by atoms with Gasteiger partial charge in [-0.25, -0.2) is 0 Å². The van der Waals surface area contributed by atoms with Crippen LogP contribution in [0.15, 0.2) is 24.3 Å². The largest absolute Gasteiger partial charge is 0.491 e. The van der Waals surface area contributed by atoms with Gasteiger partial charge in [0.1, 0.15) is 12.4 Å². The summed E-state index contributed by atoms with van der Waals surface area (Å²) in [6.45, 7) is 4.46. The Bertz CT molecular complexity index is 588. The highest BCUT2D eigenvalue weighted by molar-refractivity contribution is 5.33. The average molecular weight is 289 g/mol. The fourth-order valence-corrected chi connectivity index (χ4v) is 1.65. The Hall–Kier alpha value is -2.57. The van der Waals surface area contributed by atoms with Crippen LogP contribution < -0.4 is 20.5 Å². The molecule has 0 amide bonds. The number of nitrogens with zero attached hydrogens (tertiary/aromatic N) is 3. The predicted molar refractivity (Wildman–Crippen MR) is 80.6 cm³/mol. The summed E-state index contributed by atoms with van der Waals surface area (Å²) in [5, 5.41) is 3.09. The first-order valence-corrected chi connectivity index (χ1v) is 6.58. The number of hydrogen-bond acceptors (Lipinski definition) is 7. The molecule has 21 heavy (non-hydrogen) atoms. The molecular formula is C14H19N5O2. The number of benzene rings is 1. The molecule has 0 aliphatic rings. The number of aromatic nitrogens is 3. The summed E-state index contributed by atoms with van der Waals surface area (Å²) in [7, 11) is 1.47. The number of anilines is 2. The molecule has 2 rings (SSSR count). The first kappa shape index (κ1) is 14.8. The molecule has 0 spiro atoms. The Morgan fingerprint density at radius 3 is 2.57 bits per heavy atom. The Morgan fingerprint density at radius 1 is 1.19 bits per heavy atom. The second kappa shape index (κ2) is 6.74. The molecule has 0 aliphatic heterocycles. The third-order valence-electron chi connectivity index (χ3n) is 2.71. The van der Waals surface area contributed by atoms with Crippen LogP contribution in [-0.2, 0) is 0 Å². The van der Waals surface area contributed by atoms with Crippen LogP contribution in [0.4, 0.5) is 11.9 Å². The third-order valence-corrected chi connectivity index (χ3v) is 2.71. The molecule has 7 nitrogen and oxygen atoms in total. The quantitative estimate of drug-likeness (QED) is 0.834. The summed E-state index contributed by atoms with van der Waals surface area (Å²) in [5.41, 5.74) is 6.77. The van der Waals surface area contributed by atoms with Crippen LogP contribution in [0.5, 0.6) is 11.8 Å². The van der Waals surface area contributed by atoms with Gasteiger partial charge in [0.05, 0.1) is 13.2 Å². The molecule has 0 saturated carbocycles. The molecule has 1 heterocycles. The Morgan fingerprint density at radius 2 is 1.90 bits per heavy atom. The van der Waals surface area contributed by atoms with Crippen molar-refractivity contribution in [1.29, 1.82) is 0 Å². The standard InChI is InChI=1S/C14H19N5O2/c1-9-4-6-11(7-5-9)21-8-10(2)16-13-17-12(15)18-14(19-13)20-3/h4-7,10H,8H2,1-3H3,(H3,15,16,17,18,19). The van der Waals surface area contributed by atoms with Crippen molar-refractivity contribution < 1.29 is 9.47 Å². The molecule has 0 radical (unpaired) electrons. The molecule has 1 aromatic heterocycles. The van der Waals surface area contributed by atoms with E-state index in [2.05, 4.69) is 20.3 Å². The van der Waals surface area contributed by atoms with Crippen LogP contribution in [0, 0.1) is 6.92 Å². The van der Waals surface area contributed by atoms with Crippen LogP contribution in [0.1, 0.15) is 12.5 Å². The molecule has 0 aliphatic carbocycles. The molecule has 1 aromatic carbocycles. The number of aryl methyl sites for hydroxylation is 1. The number of nitrogens with one attached hydrogen (secondary N) is 1. The lowest BCUT2D eigenvalue weighted by Gasteiger charge is -2.15. The van der Waals surface area contributed by atoms with E-state index in [0.717, 1.165) is 5.75 Å². The zero-order chi connectivity index (χ0) is 15.2. The van der Waals surface area contributed by atoms with Crippen molar-refractivity contribution >= 4 is 11.9 Å². The van der Waals surface area contributed by atoms with Crippen molar-refractivity contribution in [3.63, 3.8) is 0 Å². The van der Waals surface area contributed by atoms with Crippen molar-refractivity contribution in [2.75, 3.05) is 24.8 Å². The van der Waals surface area contributed by atoms with E-state index in [1.54, 1.807) is 0 Å². The third kappa shape index (κ3) is 4.48. The van der Waals surface area contributed by atoms with Crippen molar-refractivity contribution in [2.24, 2.45) is 0 Å². The lowest BCUT2D eigenvalue weighted by atomic mass is 10.2. The number of methoxy groups -OCH3 is 1. The normalized spacial score (nSPS) is 11.8. The number of rotatable bonds is 6. The number of nitrogen functional groups attached to an aromatic ring is 1. The molecular weight excluding hydrogens is 270 g/mol. The Labute approximate surface area is 123 Å². The van der Waals surface area contributed by atoms with Gasteiger partial charge in [0, 0.05) is 0 Å². The minimum atomic E-state index is -0.00203. The van der Waals surface area contributed by atoms with Gasteiger partial charge in [0.25, 0.3) is 0 Å². The van der Waals surface area contributed by atoms with Gasteiger partial charge >= 0.3 is 6.01 Å². The number of hydrogen-bond donors (Lipinski definition) is 2. The van der Waals surface area contributed by atoms with Crippen LogP contribution in [0.2, 0.25) is 0 Å². The molecule has 0 saturated heterocycles. The topological polar surface area (TPSA) is 95.2 Å². The van der Waals surface area contributed by atoms with E-state index in [9.17, 15) is 0 Å². The maximum Gasteiger partial charge on any atom is 0.322 e. The van der Waals surface area contributed by atoms with E-state index < -0.39 is 0 Å². The maximum absolute atomic E-state index is 5.69. The summed E-state index contributed by atoms with van der Waals surface area (Å²) in [6.07, 6.45) is 0. The molecule has 2 aromatic rings. The molecule has 0 bridgehead atoms. The van der Waals surface area contributed by atoms with E-state index in [0.29, 0.717) is 12.6 Å². The summed E-state index contributed by atoms with van der Waals surface area (Å²) >= 11 is 0. The van der Waals surface area contributed by atoms with E-state index in [-0.39, 0.29) is 18.0 Å². The fraction of sp³-hybridized carbons (Fsp3) is 0.357. The molecule has 1 atom stereocenters. The highest BCUT2D eigenvalue weighted by Gasteiger charge is 2.08. The lowest BCUT2D eigenvalue weighted by Crippen LogP contribution is -2.25. The van der Waals surface area contributed by atoms with Gasteiger partial charge in [-0.3, -0.25) is 0 Å². The minimum Gasteiger partial charge on any atom is -0.491 e. The number of nitrogens with two attached hydrogens (primary N) is 1. The van der Waals surface area contributed by atoms with Crippen molar-refractivity contribution in [2.45, 2.75) is 19.9 Å². The Kier molecular flexibility index (Phi) is 4.76. The zero-order valence-corrected chi connectivity index (χ0v) is 12.3. The minimum absolute atomic E-state index is 0.00203. The fourth-order valence-electron chi connectivity index (χ4n) is 1.65. The molecule has 1 unspecified atom stereocenters.